The van der Waals surface area contributed by atoms with Crippen LogP contribution in [0.4, 0.5) is 42.6 Å². The van der Waals surface area contributed by atoms with Crippen molar-refractivity contribution >= 4 is 17.5 Å². The number of alkyl halides is 6. The first kappa shape index (κ1) is 22.7. The molecule has 2 heterocycles. The summed E-state index contributed by atoms with van der Waals surface area (Å²) in [6.45, 7) is 3.59. The number of nitrogens with zero attached hydrogens (tertiary/aromatic N) is 3. The minimum Gasteiger partial charge on any atom is -0.350 e. The van der Waals surface area contributed by atoms with Gasteiger partial charge in [-0.1, -0.05) is 0 Å². The summed E-state index contributed by atoms with van der Waals surface area (Å²) >= 11 is 0. The van der Waals surface area contributed by atoms with Gasteiger partial charge in [0.1, 0.15) is 5.82 Å². The number of amides is 2. The monoisotopic (exact) mass is 446 g/mol. The van der Waals surface area contributed by atoms with Gasteiger partial charge in [0, 0.05) is 37.1 Å². The summed E-state index contributed by atoms with van der Waals surface area (Å²) in [6, 6.07) is 4.72. The summed E-state index contributed by atoms with van der Waals surface area (Å²) in [5.74, 6) is -0.197. The number of halogens is 6. The van der Waals surface area contributed by atoms with Crippen LogP contribution in [0.1, 0.15) is 25.0 Å². The number of rotatable bonds is 2. The highest BCUT2D eigenvalue weighted by atomic mass is 19.4. The van der Waals surface area contributed by atoms with Gasteiger partial charge in [0.05, 0.1) is 11.1 Å². The number of hydrogen-bond donors (Lipinski definition) is 1. The molecule has 11 heteroatoms. The van der Waals surface area contributed by atoms with Gasteiger partial charge in [-0.05, 0) is 50.2 Å². The number of carbonyl (C=O) groups is 1. The van der Waals surface area contributed by atoms with Crippen molar-refractivity contribution < 1.29 is 31.1 Å². The Balaban J connectivity index is 1.73. The number of carbonyl (C=O) groups excluding carboxylic acids is 1. The number of aromatic nitrogens is 1. The van der Waals surface area contributed by atoms with E-state index < -0.39 is 41.6 Å². The number of hydrogen-bond acceptors (Lipinski definition) is 3. The lowest BCUT2D eigenvalue weighted by Crippen LogP contribution is -2.59. The van der Waals surface area contributed by atoms with Gasteiger partial charge in [-0.15, -0.1) is 0 Å². The first-order chi connectivity index (χ1) is 14.4. The smallest absolute Gasteiger partial charge is 0.350 e. The van der Waals surface area contributed by atoms with Crippen molar-refractivity contribution in [2.45, 2.75) is 38.3 Å². The van der Waals surface area contributed by atoms with Crippen LogP contribution in [0.3, 0.4) is 0 Å². The van der Waals surface area contributed by atoms with Crippen LogP contribution in [0.5, 0.6) is 0 Å². The van der Waals surface area contributed by atoms with E-state index in [1.807, 2.05) is 0 Å². The Hall–Kier alpha value is -2.98. The van der Waals surface area contributed by atoms with Gasteiger partial charge in [-0.2, -0.15) is 26.3 Å². The van der Waals surface area contributed by atoms with Crippen LogP contribution in [-0.2, 0) is 12.4 Å². The molecule has 2 atom stereocenters. The van der Waals surface area contributed by atoms with Crippen LogP contribution < -0.4 is 10.2 Å². The Bertz CT molecular complexity index is 929. The van der Waals surface area contributed by atoms with E-state index in [-0.39, 0.29) is 24.6 Å². The maximum atomic E-state index is 13.4. The summed E-state index contributed by atoms with van der Waals surface area (Å²) in [6.07, 6.45) is -7.77. The minimum atomic E-state index is -4.57. The average molecular weight is 446 g/mol. The zero-order valence-corrected chi connectivity index (χ0v) is 16.6. The minimum absolute atomic E-state index is 0.113. The largest absolute Gasteiger partial charge is 0.419 e. The third kappa shape index (κ3) is 5.02. The van der Waals surface area contributed by atoms with Crippen molar-refractivity contribution in [1.82, 2.24) is 9.88 Å². The molecule has 0 saturated carbocycles. The molecule has 31 heavy (non-hydrogen) atoms. The quantitative estimate of drug-likeness (QED) is 0.641. The number of anilines is 2. The fourth-order valence-electron chi connectivity index (χ4n) is 3.49. The predicted molar refractivity (Wildman–Crippen MR) is 103 cm³/mol. The fourth-order valence-corrected chi connectivity index (χ4v) is 3.49. The number of nitrogens with one attached hydrogen (secondary N) is 1. The van der Waals surface area contributed by atoms with Crippen molar-refractivity contribution in [3.05, 3.63) is 53.7 Å². The van der Waals surface area contributed by atoms with Crippen LogP contribution >= 0.6 is 0 Å². The summed E-state index contributed by atoms with van der Waals surface area (Å²) in [7, 11) is 0. The molecule has 0 bridgehead atoms. The zero-order valence-electron chi connectivity index (χ0n) is 16.6. The molecule has 0 aliphatic carbocycles. The third-order valence-corrected chi connectivity index (χ3v) is 5.07. The van der Waals surface area contributed by atoms with Gasteiger partial charge in [-0.3, -0.25) is 0 Å². The molecule has 2 unspecified atom stereocenters. The first-order valence-corrected chi connectivity index (χ1v) is 9.41. The number of benzene rings is 1. The number of piperazine rings is 1. The van der Waals surface area contributed by atoms with Gasteiger partial charge in [0.15, 0.2) is 0 Å². The maximum absolute atomic E-state index is 13.4. The second-order valence-electron chi connectivity index (χ2n) is 7.38. The molecule has 1 N–H and O–H groups in total. The maximum Gasteiger partial charge on any atom is 0.419 e. The summed E-state index contributed by atoms with van der Waals surface area (Å²) in [4.78, 5) is 19.5. The van der Waals surface area contributed by atoms with Gasteiger partial charge in [0.25, 0.3) is 0 Å². The third-order valence-electron chi connectivity index (χ3n) is 5.07. The Labute approximate surface area is 174 Å². The molecular weight excluding hydrogens is 426 g/mol. The van der Waals surface area contributed by atoms with E-state index in [1.165, 1.54) is 22.1 Å². The van der Waals surface area contributed by atoms with Gasteiger partial charge in [-0.25, -0.2) is 9.78 Å². The molecule has 1 saturated heterocycles. The highest BCUT2D eigenvalue weighted by Gasteiger charge is 2.39. The normalized spacial score (nSPS) is 20.0. The Morgan fingerprint density at radius 3 is 2.19 bits per heavy atom. The zero-order chi connectivity index (χ0) is 23.0. The van der Waals surface area contributed by atoms with Gasteiger partial charge in [0.2, 0.25) is 0 Å². The second-order valence-corrected chi connectivity index (χ2v) is 7.38. The van der Waals surface area contributed by atoms with Crippen molar-refractivity contribution in [2.75, 3.05) is 23.3 Å². The van der Waals surface area contributed by atoms with Crippen LogP contribution in [0.2, 0.25) is 0 Å². The van der Waals surface area contributed by atoms with E-state index >= 15 is 0 Å². The van der Waals surface area contributed by atoms with Gasteiger partial charge >= 0.3 is 18.4 Å². The standard InChI is InChI=1S/C20H20F6N4O/c1-12-11-30(18(31)28-15-7-5-14(6-8-15)19(21,22)23)13(2)10-29(12)17-16(20(24,25)26)4-3-9-27-17/h3-9,12-13H,10-11H2,1-2H3,(H,28,31). The molecule has 5 nitrogen and oxygen atoms in total. The lowest BCUT2D eigenvalue weighted by atomic mass is 10.1. The van der Waals surface area contributed by atoms with Crippen molar-refractivity contribution in [3.8, 4) is 0 Å². The van der Waals surface area contributed by atoms with E-state index in [0.717, 1.165) is 30.3 Å². The second kappa shape index (κ2) is 8.27. The van der Waals surface area contributed by atoms with Crippen LogP contribution in [0, 0.1) is 0 Å². The molecule has 0 spiro atoms. The Morgan fingerprint density at radius 2 is 1.61 bits per heavy atom. The molecule has 3 rings (SSSR count). The fraction of sp³-hybridized carbons (Fsp3) is 0.400. The SMILES string of the molecule is CC1CN(c2ncccc2C(F)(F)F)C(C)CN1C(=O)Nc1ccc(C(F)(F)F)cc1. The summed E-state index contributed by atoms with van der Waals surface area (Å²) < 4.78 is 78.1. The lowest BCUT2D eigenvalue weighted by molar-refractivity contribution is -0.138. The molecule has 2 amide bonds. The van der Waals surface area contributed by atoms with Gasteiger partial charge < -0.3 is 15.1 Å². The predicted octanol–water partition coefficient (Wildman–Crippen LogP) is 5.25. The van der Waals surface area contributed by atoms with Crippen LogP contribution in [0.15, 0.2) is 42.6 Å². The highest BCUT2D eigenvalue weighted by Crippen LogP contribution is 2.37. The van der Waals surface area contributed by atoms with Crippen molar-refractivity contribution in [1.29, 1.82) is 0 Å². The molecule has 2 aromatic rings. The molecular formula is C20H20F6N4O. The van der Waals surface area contributed by atoms with E-state index in [4.69, 9.17) is 0 Å². The molecule has 1 aromatic heterocycles. The summed E-state index contributed by atoms with van der Waals surface area (Å²) in [5.41, 5.74) is -1.50. The van der Waals surface area contributed by atoms with E-state index in [9.17, 15) is 31.1 Å². The molecule has 1 aromatic carbocycles. The van der Waals surface area contributed by atoms with E-state index in [1.54, 1.807) is 13.8 Å². The molecule has 1 aliphatic heterocycles. The lowest BCUT2D eigenvalue weighted by Gasteiger charge is -2.45. The first-order valence-electron chi connectivity index (χ1n) is 9.41. The van der Waals surface area contributed by atoms with Crippen molar-refractivity contribution in [2.24, 2.45) is 0 Å². The van der Waals surface area contributed by atoms with Crippen LogP contribution in [-0.4, -0.2) is 41.1 Å². The van der Waals surface area contributed by atoms with E-state index in [2.05, 4.69) is 10.3 Å². The van der Waals surface area contributed by atoms with Crippen LogP contribution in [0.25, 0.3) is 0 Å². The average Bonchev–Trinajstić information content (AvgIpc) is 2.68. The topological polar surface area (TPSA) is 48.5 Å². The molecule has 1 aliphatic rings. The highest BCUT2D eigenvalue weighted by molar-refractivity contribution is 5.89. The number of urea groups is 1. The van der Waals surface area contributed by atoms with Crippen molar-refractivity contribution in [3.63, 3.8) is 0 Å². The molecule has 1 fully saturated rings. The molecule has 0 radical (unpaired) electrons. The Morgan fingerprint density at radius 1 is 0.968 bits per heavy atom. The van der Waals surface area contributed by atoms with E-state index in [0.29, 0.717) is 0 Å². The summed E-state index contributed by atoms with van der Waals surface area (Å²) in [5, 5.41) is 2.54. The number of pyridine rings is 1. The molecule has 168 valence electrons. The Kier molecular flexibility index (Phi) is 6.06.